The number of carbonyl (C=O) groups is 1. The maximum absolute atomic E-state index is 10.8. The second-order valence-corrected chi connectivity index (χ2v) is 4.63. The number of aromatic nitrogens is 2. The van der Waals surface area contributed by atoms with Crippen LogP contribution in [0.2, 0.25) is 5.02 Å². The first-order valence-electron chi connectivity index (χ1n) is 5.76. The summed E-state index contributed by atoms with van der Waals surface area (Å²) in [4.78, 5) is 16.9. The highest BCUT2D eigenvalue weighted by Gasteiger charge is 2.11. The SMILES string of the molecule is C=CCN(CC(=O)O)Cc1cn2cc(Cl)ccc2n1. The number of carboxylic acid groups (broad SMARTS) is 1. The quantitative estimate of drug-likeness (QED) is 0.823. The molecule has 0 radical (unpaired) electrons. The maximum Gasteiger partial charge on any atom is 0.317 e. The number of hydrogen-bond acceptors (Lipinski definition) is 3. The summed E-state index contributed by atoms with van der Waals surface area (Å²) < 4.78 is 1.82. The summed E-state index contributed by atoms with van der Waals surface area (Å²) in [6, 6.07) is 3.59. The fourth-order valence-electron chi connectivity index (χ4n) is 1.88. The van der Waals surface area contributed by atoms with Crippen molar-refractivity contribution in [1.29, 1.82) is 0 Å². The Hall–Kier alpha value is -1.85. The van der Waals surface area contributed by atoms with Crippen LogP contribution in [0.15, 0.2) is 37.2 Å². The van der Waals surface area contributed by atoms with Gasteiger partial charge in [0.25, 0.3) is 0 Å². The van der Waals surface area contributed by atoms with E-state index in [9.17, 15) is 4.79 Å². The van der Waals surface area contributed by atoms with E-state index in [2.05, 4.69) is 11.6 Å². The van der Waals surface area contributed by atoms with E-state index < -0.39 is 5.97 Å². The highest BCUT2D eigenvalue weighted by atomic mass is 35.5. The second-order valence-electron chi connectivity index (χ2n) is 4.20. The lowest BCUT2D eigenvalue weighted by Gasteiger charge is -2.16. The molecular formula is C13H14ClN3O2. The fraction of sp³-hybridized carbons (Fsp3) is 0.231. The largest absolute Gasteiger partial charge is 0.480 e. The Kier molecular flexibility index (Phi) is 4.19. The van der Waals surface area contributed by atoms with Gasteiger partial charge in [-0.2, -0.15) is 0 Å². The van der Waals surface area contributed by atoms with Crippen LogP contribution in [0.4, 0.5) is 0 Å². The van der Waals surface area contributed by atoms with Gasteiger partial charge in [-0.3, -0.25) is 9.69 Å². The van der Waals surface area contributed by atoms with Crippen LogP contribution in [-0.4, -0.2) is 38.4 Å². The van der Waals surface area contributed by atoms with Crippen LogP contribution in [-0.2, 0) is 11.3 Å². The zero-order valence-electron chi connectivity index (χ0n) is 10.3. The monoisotopic (exact) mass is 279 g/mol. The Morgan fingerprint density at radius 3 is 3.00 bits per heavy atom. The lowest BCUT2D eigenvalue weighted by atomic mass is 10.4. The average molecular weight is 280 g/mol. The molecule has 0 spiro atoms. The zero-order valence-corrected chi connectivity index (χ0v) is 11.0. The van der Waals surface area contributed by atoms with Crippen LogP contribution in [0.5, 0.6) is 0 Å². The van der Waals surface area contributed by atoms with Gasteiger partial charge < -0.3 is 9.51 Å². The standard InChI is InChI=1S/C13H14ClN3O2/c1-2-5-16(9-13(18)19)7-11-8-17-6-10(14)3-4-12(17)15-11/h2-4,6,8H,1,5,7,9H2,(H,18,19). The van der Waals surface area contributed by atoms with E-state index in [1.165, 1.54) is 0 Å². The molecule has 0 saturated carbocycles. The Morgan fingerprint density at radius 1 is 1.53 bits per heavy atom. The lowest BCUT2D eigenvalue weighted by molar-refractivity contribution is -0.138. The molecule has 0 aromatic carbocycles. The van der Waals surface area contributed by atoms with Gasteiger partial charge in [0.05, 0.1) is 17.3 Å². The molecule has 6 heteroatoms. The summed E-state index contributed by atoms with van der Waals surface area (Å²) in [5, 5.41) is 9.48. The molecule has 0 aliphatic carbocycles. The minimum atomic E-state index is -0.867. The first-order valence-corrected chi connectivity index (χ1v) is 6.14. The van der Waals surface area contributed by atoms with Crippen LogP contribution >= 0.6 is 11.6 Å². The summed E-state index contributed by atoms with van der Waals surface area (Å²) in [6.07, 6.45) is 5.29. The molecular weight excluding hydrogens is 266 g/mol. The summed E-state index contributed by atoms with van der Waals surface area (Å²) in [5.41, 5.74) is 1.58. The second kappa shape index (κ2) is 5.86. The fourth-order valence-corrected chi connectivity index (χ4v) is 2.05. The van der Waals surface area contributed by atoms with E-state index in [1.807, 2.05) is 16.7 Å². The van der Waals surface area contributed by atoms with Crippen molar-refractivity contribution in [3.05, 3.63) is 47.9 Å². The molecule has 0 aliphatic heterocycles. The zero-order chi connectivity index (χ0) is 13.8. The molecule has 5 nitrogen and oxygen atoms in total. The topological polar surface area (TPSA) is 57.8 Å². The summed E-state index contributed by atoms with van der Waals surface area (Å²) in [7, 11) is 0. The predicted octanol–water partition coefficient (Wildman–Crippen LogP) is 2.06. The Labute approximate surface area is 115 Å². The van der Waals surface area contributed by atoms with Gasteiger partial charge in [0.15, 0.2) is 0 Å². The lowest BCUT2D eigenvalue weighted by Crippen LogP contribution is -2.29. The summed E-state index contributed by atoms with van der Waals surface area (Å²) >= 11 is 5.90. The number of aliphatic carboxylic acids is 1. The summed E-state index contributed by atoms with van der Waals surface area (Å²) in [5.74, 6) is -0.867. The van der Waals surface area contributed by atoms with Crippen molar-refractivity contribution in [2.75, 3.05) is 13.1 Å². The van der Waals surface area contributed by atoms with Crippen molar-refractivity contribution < 1.29 is 9.90 Å². The van der Waals surface area contributed by atoms with Gasteiger partial charge in [0.1, 0.15) is 5.65 Å². The van der Waals surface area contributed by atoms with E-state index in [0.717, 1.165) is 11.3 Å². The molecule has 2 aromatic heterocycles. The molecule has 0 atom stereocenters. The van der Waals surface area contributed by atoms with E-state index in [0.29, 0.717) is 18.1 Å². The van der Waals surface area contributed by atoms with E-state index in [-0.39, 0.29) is 6.54 Å². The number of imidazole rings is 1. The van der Waals surface area contributed by atoms with E-state index in [1.54, 1.807) is 23.2 Å². The molecule has 2 rings (SSSR count). The smallest absolute Gasteiger partial charge is 0.317 e. The van der Waals surface area contributed by atoms with Crippen molar-refractivity contribution in [2.45, 2.75) is 6.54 Å². The molecule has 0 unspecified atom stereocenters. The maximum atomic E-state index is 10.8. The van der Waals surface area contributed by atoms with Gasteiger partial charge in [-0.1, -0.05) is 17.7 Å². The molecule has 0 saturated heterocycles. The summed E-state index contributed by atoms with van der Waals surface area (Å²) in [6.45, 7) is 4.54. The van der Waals surface area contributed by atoms with Crippen molar-refractivity contribution in [2.24, 2.45) is 0 Å². The number of fused-ring (bicyclic) bond motifs is 1. The third kappa shape index (κ3) is 3.56. The van der Waals surface area contributed by atoms with Gasteiger partial charge in [0.2, 0.25) is 0 Å². The van der Waals surface area contributed by atoms with Gasteiger partial charge in [0, 0.05) is 25.5 Å². The van der Waals surface area contributed by atoms with Crippen LogP contribution < -0.4 is 0 Å². The van der Waals surface area contributed by atoms with E-state index in [4.69, 9.17) is 16.7 Å². The Bertz CT molecular complexity index is 609. The molecule has 100 valence electrons. The van der Waals surface area contributed by atoms with Crippen molar-refractivity contribution in [3.8, 4) is 0 Å². The van der Waals surface area contributed by atoms with Crippen molar-refractivity contribution in [1.82, 2.24) is 14.3 Å². The minimum Gasteiger partial charge on any atom is -0.480 e. The van der Waals surface area contributed by atoms with E-state index >= 15 is 0 Å². The van der Waals surface area contributed by atoms with Crippen LogP contribution in [0, 0.1) is 0 Å². The normalized spacial score (nSPS) is 11.1. The molecule has 2 heterocycles. The van der Waals surface area contributed by atoms with Crippen LogP contribution in [0.3, 0.4) is 0 Å². The third-order valence-electron chi connectivity index (χ3n) is 2.60. The highest BCUT2D eigenvalue weighted by molar-refractivity contribution is 6.30. The number of pyridine rings is 1. The van der Waals surface area contributed by atoms with Gasteiger partial charge in [-0.25, -0.2) is 4.98 Å². The van der Waals surface area contributed by atoms with Crippen molar-refractivity contribution in [3.63, 3.8) is 0 Å². The third-order valence-corrected chi connectivity index (χ3v) is 2.82. The number of carboxylic acids is 1. The number of hydrogen-bond donors (Lipinski definition) is 1. The molecule has 1 N–H and O–H groups in total. The number of halogens is 1. The molecule has 0 amide bonds. The number of rotatable bonds is 6. The molecule has 0 fully saturated rings. The van der Waals surface area contributed by atoms with Crippen molar-refractivity contribution >= 4 is 23.2 Å². The first-order chi connectivity index (χ1) is 9.08. The molecule has 0 aliphatic rings. The first kappa shape index (κ1) is 13.6. The predicted molar refractivity (Wildman–Crippen MR) is 73.3 cm³/mol. The molecule has 19 heavy (non-hydrogen) atoms. The molecule has 0 bridgehead atoms. The Morgan fingerprint density at radius 2 is 2.32 bits per heavy atom. The van der Waals surface area contributed by atoms with Gasteiger partial charge >= 0.3 is 5.97 Å². The van der Waals surface area contributed by atoms with Gasteiger partial charge in [-0.05, 0) is 12.1 Å². The Balaban J connectivity index is 2.18. The number of nitrogens with zero attached hydrogens (tertiary/aromatic N) is 3. The average Bonchev–Trinajstić information content (AvgIpc) is 2.69. The van der Waals surface area contributed by atoms with Gasteiger partial charge in [-0.15, -0.1) is 6.58 Å². The van der Waals surface area contributed by atoms with Crippen LogP contribution in [0.1, 0.15) is 5.69 Å². The minimum absolute atomic E-state index is 0.0410. The molecule has 2 aromatic rings. The highest BCUT2D eigenvalue weighted by Crippen LogP contribution is 2.12. The van der Waals surface area contributed by atoms with Crippen LogP contribution in [0.25, 0.3) is 5.65 Å².